The van der Waals surface area contributed by atoms with Gasteiger partial charge in [-0.25, -0.2) is 0 Å². The van der Waals surface area contributed by atoms with E-state index < -0.39 is 0 Å². The summed E-state index contributed by atoms with van der Waals surface area (Å²) in [6, 6.07) is 0.549. The molecule has 0 aromatic carbocycles. The molecule has 0 spiro atoms. The van der Waals surface area contributed by atoms with Crippen molar-refractivity contribution in [1.29, 1.82) is 0 Å². The number of nitrogens with zero attached hydrogens (tertiary/aromatic N) is 1. The lowest BCUT2D eigenvalue weighted by atomic mass is 10.2. The van der Waals surface area contributed by atoms with Crippen molar-refractivity contribution >= 4 is 5.91 Å². The van der Waals surface area contributed by atoms with Crippen LogP contribution >= 0.6 is 0 Å². The summed E-state index contributed by atoms with van der Waals surface area (Å²) in [5.74, 6) is 0.242. The molecule has 15 heavy (non-hydrogen) atoms. The lowest BCUT2D eigenvalue weighted by Crippen LogP contribution is -2.47. The number of likely N-dealkylation sites (N-methyl/N-ethyl adjacent to an activating group) is 1. The molecule has 0 heterocycles. The second-order valence-corrected chi connectivity index (χ2v) is 4.38. The number of carbonyl (C=O) groups excluding carboxylic acids is 1. The van der Waals surface area contributed by atoms with Crippen molar-refractivity contribution in [2.75, 3.05) is 13.1 Å². The Hall–Kier alpha value is -0.570. The van der Waals surface area contributed by atoms with Gasteiger partial charge in [0.15, 0.2) is 0 Å². The van der Waals surface area contributed by atoms with Gasteiger partial charge in [0.2, 0.25) is 5.91 Å². The minimum Gasteiger partial charge on any atom is -0.342 e. The molecule has 1 aliphatic carbocycles. The number of amides is 1. The van der Waals surface area contributed by atoms with Crippen LogP contribution in [-0.4, -0.2) is 36.0 Å². The summed E-state index contributed by atoms with van der Waals surface area (Å²) < 4.78 is 0. The quantitative estimate of drug-likeness (QED) is 0.753. The maximum atomic E-state index is 12.0. The van der Waals surface area contributed by atoms with E-state index in [1.807, 2.05) is 25.7 Å². The van der Waals surface area contributed by atoms with Crippen LogP contribution in [-0.2, 0) is 4.79 Å². The van der Waals surface area contributed by atoms with E-state index in [9.17, 15) is 4.79 Å². The van der Waals surface area contributed by atoms with E-state index in [0.717, 1.165) is 13.1 Å². The van der Waals surface area contributed by atoms with Gasteiger partial charge in [-0.1, -0.05) is 12.8 Å². The van der Waals surface area contributed by atoms with Gasteiger partial charge in [0.05, 0.1) is 6.04 Å². The van der Waals surface area contributed by atoms with Crippen LogP contribution in [0, 0.1) is 0 Å². The number of rotatable bonds is 5. The Morgan fingerprint density at radius 1 is 1.33 bits per heavy atom. The molecule has 0 radical (unpaired) electrons. The maximum absolute atomic E-state index is 12.0. The van der Waals surface area contributed by atoms with Crippen molar-refractivity contribution < 1.29 is 4.79 Å². The highest BCUT2D eigenvalue weighted by Gasteiger charge is 2.22. The molecule has 1 fully saturated rings. The summed E-state index contributed by atoms with van der Waals surface area (Å²) >= 11 is 0. The fraction of sp³-hybridized carbons (Fsp3) is 0.917. The van der Waals surface area contributed by atoms with E-state index >= 15 is 0 Å². The van der Waals surface area contributed by atoms with E-state index in [1.54, 1.807) is 0 Å². The minimum atomic E-state index is -0.0204. The highest BCUT2D eigenvalue weighted by Crippen LogP contribution is 2.18. The van der Waals surface area contributed by atoms with Crippen molar-refractivity contribution in [3.05, 3.63) is 0 Å². The van der Waals surface area contributed by atoms with Crippen molar-refractivity contribution in [3.8, 4) is 0 Å². The Bertz CT molecular complexity index is 196. The van der Waals surface area contributed by atoms with Crippen LogP contribution < -0.4 is 5.32 Å². The van der Waals surface area contributed by atoms with Crippen LogP contribution in [0.15, 0.2) is 0 Å². The zero-order valence-electron chi connectivity index (χ0n) is 10.3. The lowest BCUT2D eigenvalue weighted by molar-refractivity contribution is -0.132. The van der Waals surface area contributed by atoms with Gasteiger partial charge in [0.1, 0.15) is 0 Å². The summed E-state index contributed by atoms with van der Waals surface area (Å²) in [6.07, 6.45) is 5.08. The van der Waals surface area contributed by atoms with Crippen molar-refractivity contribution in [3.63, 3.8) is 0 Å². The van der Waals surface area contributed by atoms with Crippen LogP contribution in [0.5, 0.6) is 0 Å². The van der Waals surface area contributed by atoms with E-state index in [1.165, 1.54) is 25.7 Å². The molecule has 88 valence electrons. The van der Waals surface area contributed by atoms with Gasteiger partial charge in [0, 0.05) is 19.1 Å². The average molecular weight is 212 g/mol. The Morgan fingerprint density at radius 3 is 2.33 bits per heavy atom. The van der Waals surface area contributed by atoms with Crippen molar-refractivity contribution in [1.82, 2.24) is 10.2 Å². The van der Waals surface area contributed by atoms with Gasteiger partial charge in [-0.2, -0.15) is 0 Å². The minimum absolute atomic E-state index is 0.0204. The first-order valence-corrected chi connectivity index (χ1v) is 6.23. The van der Waals surface area contributed by atoms with Gasteiger partial charge in [-0.15, -0.1) is 0 Å². The highest BCUT2D eigenvalue weighted by atomic mass is 16.2. The average Bonchev–Trinajstić information content (AvgIpc) is 2.72. The number of nitrogens with one attached hydrogen (secondary N) is 1. The molecule has 0 aromatic heterocycles. The van der Waals surface area contributed by atoms with Crippen molar-refractivity contribution in [2.24, 2.45) is 0 Å². The van der Waals surface area contributed by atoms with E-state index in [0.29, 0.717) is 6.04 Å². The maximum Gasteiger partial charge on any atom is 0.239 e. The molecule has 1 unspecified atom stereocenters. The summed E-state index contributed by atoms with van der Waals surface area (Å²) in [7, 11) is 0. The van der Waals surface area contributed by atoms with Crippen LogP contribution in [0.4, 0.5) is 0 Å². The summed E-state index contributed by atoms with van der Waals surface area (Å²) in [6.45, 7) is 7.67. The molecule has 1 aliphatic rings. The van der Waals surface area contributed by atoms with Gasteiger partial charge in [0.25, 0.3) is 0 Å². The summed E-state index contributed by atoms with van der Waals surface area (Å²) in [5, 5.41) is 3.44. The molecule has 0 bridgehead atoms. The van der Waals surface area contributed by atoms with Crippen LogP contribution in [0.25, 0.3) is 0 Å². The van der Waals surface area contributed by atoms with Gasteiger partial charge >= 0.3 is 0 Å². The van der Waals surface area contributed by atoms with Crippen LogP contribution in [0.3, 0.4) is 0 Å². The molecule has 1 saturated carbocycles. The third-order valence-corrected chi connectivity index (χ3v) is 3.29. The Kier molecular flexibility index (Phi) is 5.09. The number of hydrogen-bond donors (Lipinski definition) is 1. The molecular weight excluding hydrogens is 188 g/mol. The van der Waals surface area contributed by atoms with E-state index in [2.05, 4.69) is 5.32 Å². The zero-order chi connectivity index (χ0) is 11.3. The third kappa shape index (κ3) is 3.49. The lowest BCUT2D eigenvalue weighted by Gasteiger charge is -2.25. The topological polar surface area (TPSA) is 32.3 Å². The molecular formula is C12H24N2O. The van der Waals surface area contributed by atoms with Gasteiger partial charge in [-0.3, -0.25) is 4.79 Å². The fourth-order valence-electron chi connectivity index (χ4n) is 2.33. The normalized spacial score (nSPS) is 19.1. The van der Waals surface area contributed by atoms with Gasteiger partial charge in [-0.05, 0) is 33.6 Å². The molecule has 0 aromatic rings. The van der Waals surface area contributed by atoms with Crippen LogP contribution in [0.1, 0.15) is 46.5 Å². The zero-order valence-corrected chi connectivity index (χ0v) is 10.3. The van der Waals surface area contributed by atoms with Crippen LogP contribution in [0.2, 0.25) is 0 Å². The van der Waals surface area contributed by atoms with E-state index in [-0.39, 0.29) is 11.9 Å². The van der Waals surface area contributed by atoms with E-state index in [4.69, 9.17) is 0 Å². The Morgan fingerprint density at radius 2 is 1.87 bits per heavy atom. The monoisotopic (exact) mass is 212 g/mol. The number of hydrogen-bond acceptors (Lipinski definition) is 2. The molecule has 3 heteroatoms. The molecule has 0 aliphatic heterocycles. The molecule has 1 N–H and O–H groups in total. The van der Waals surface area contributed by atoms with Gasteiger partial charge < -0.3 is 10.2 Å². The summed E-state index contributed by atoms with van der Waals surface area (Å²) in [5.41, 5.74) is 0. The molecule has 0 saturated heterocycles. The second-order valence-electron chi connectivity index (χ2n) is 4.38. The fourth-order valence-corrected chi connectivity index (χ4v) is 2.33. The second kappa shape index (κ2) is 6.11. The smallest absolute Gasteiger partial charge is 0.239 e. The molecule has 3 nitrogen and oxygen atoms in total. The predicted octanol–water partition coefficient (Wildman–Crippen LogP) is 1.78. The first-order chi connectivity index (χ1) is 7.19. The highest BCUT2D eigenvalue weighted by molar-refractivity contribution is 5.81. The first-order valence-electron chi connectivity index (χ1n) is 6.23. The Labute approximate surface area is 93.2 Å². The largest absolute Gasteiger partial charge is 0.342 e. The molecule has 1 atom stereocenters. The SMILES string of the molecule is CCN(CC)C(=O)C(C)NC1CCCC1. The Balaban J connectivity index is 2.37. The first kappa shape index (κ1) is 12.5. The summed E-state index contributed by atoms with van der Waals surface area (Å²) in [4.78, 5) is 13.9. The standard InChI is InChI=1S/C12H24N2O/c1-4-14(5-2)12(15)10(3)13-11-8-6-7-9-11/h10-11,13H,4-9H2,1-3H3. The molecule has 1 rings (SSSR count). The third-order valence-electron chi connectivity index (χ3n) is 3.29. The number of carbonyl (C=O) groups is 1. The molecule has 1 amide bonds. The van der Waals surface area contributed by atoms with Crippen molar-refractivity contribution in [2.45, 2.75) is 58.5 Å². The predicted molar refractivity (Wildman–Crippen MR) is 62.8 cm³/mol.